The minimum Gasteiger partial charge on any atom is -0.368 e. The van der Waals surface area contributed by atoms with E-state index in [4.69, 9.17) is 0 Å². The minimum absolute atomic E-state index is 0.0909. The Balaban J connectivity index is 0.000000921. The van der Waals surface area contributed by atoms with E-state index < -0.39 is 0 Å². The van der Waals surface area contributed by atoms with Gasteiger partial charge in [0.2, 0.25) is 5.91 Å². The highest BCUT2D eigenvalue weighted by Crippen LogP contribution is 2.20. The number of amides is 1. The summed E-state index contributed by atoms with van der Waals surface area (Å²) in [6.07, 6.45) is 0. The van der Waals surface area contributed by atoms with Crippen LogP contribution in [0.15, 0.2) is 12.1 Å². The van der Waals surface area contributed by atoms with E-state index in [0.29, 0.717) is 5.82 Å². The Kier molecular flexibility index (Phi) is 10.2. The van der Waals surface area contributed by atoms with Gasteiger partial charge in [0.05, 0.1) is 11.4 Å². The SMILES string of the molecule is CC.CC.CC(=O)Nc1ccc(N2CCNCC2)c(C)n1. The summed E-state index contributed by atoms with van der Waals surface area (Å²) < 4.78 is 0. The molecule has 1 aliphatic heterocycles. The maximum Gasteiger partial charge on any atom is 0.222 e. The van der Waals surface area contributed by atoms with Gasteiger partial charge < -0.3 is 15.5 Å². The second kappa shape index (κ2) is 11.1. The van der Waals surface area contributed by atoms with Crippen LogP contribution in [0.4, 0.5) is 11.5 Å². The van der Waals surface area contributed by atoms with E-state index in [2.05, 4.69) is 20.5 Å². The third-order valence-corrected chi connectivity index (χ3v) is 2.82. The fraction of sp³-hybridized carbons (Fsp3) is 0.625. The van der Waals surface area contributed by atoms with E-state index in [1.54, 1.807) is 0 Å². The Morgan fingerprint density at radius 3 is 2.24 bits per heavy atom. The standard InChI is InChI=1S/C12H18N4O.2C2H6/c1-9-11(16-7-5-13-6-8-16)3-4-12(14-9)15-10(2)17;2*1-2/h3-4,13H,5-8H2,1-2H3,(H,14,15,17);2*1-2H3. The van der Waals surface area contributed by atoms with Crippen molar-refractivity contribution in [2.45, 2.75) is 41.5 Å². The molecule has 0 radical (unpaired) electrons. The molecule has 5 nitrogen and oxygen atoms in total. The molecule has 2 rings (SSSR count). The first-order chi connectivity index (χ1) is 10.2. The first-order valence-electron chi connectivity index (χ1n) is 7.88. The predicted molar refractivity (Wildman–Crippen MR) is 91.1 cm³/mol. The fourth-order valence-corrected chi connectivity index (χ4v) is 2.04. The number of anilines is 2. The topological polar surface area (TPSA) is 57.3 Å². The molecule has 1 fully saturated rings. The molecular weight excluding hydrogens is 264 g/mol. The highest BCUT2D eigenvalue weighted by atomic mass is 16.1. The van der Waals surface area contributed by atoms with Crippen LogP contribution >= 0.6 is 0 Å². The van der Waals surface area contributed by atoms with Gasteiger partial charge in [-0.15, -0.1) is 0 Å². The van der Waals surface area contributed by atoms with Crippen LogP contribution in [0, 0.1) is 6.92 Å². The van der Waals surface area contributed by atoms with Crippen LogP contribution in [0.1, 0.15) is 40.3 Å². The number of carbonyl (C=O) groups is 1. The van der Waals surface area contributed by atoms with Crippen LogP contribution in [0.25, 0.3) is 0 Å². The molecule has 2 heterocycles. The average Bonchev–Trinajstić information content (AvgIpc) is 2.52. The van der Waals surface area contributed by atoms with Gasteiger partial charge in [0.15, 0.2) is 0 Å². The number of hydrogen-bond donors (Lipinski definition) is 2. The van der Waals surface area contributed by atoms with Crippen molar-refractivity contribution in [2.24, 2.45) is 0 Å². The summed E-state index contributed by atoms with van der Waals surface area (Å²) in [7, 11) is 0. The van der Waals surface area contributed by atoms with Crippen molar-refractivity contribution in [3.8, 4) is 0 Å². The molecule has 0 aliphatic carbocycles. The summed E-state index contributed by atoms with van der Waals surface area (Å²) in [6.45, 7) is 15.5. The summed E-state index contributed by atoms with van der Waals surface area (Å²) in [5.41, 5.74) is 2.11. The Hall–Kier alpha value is -1.62. The lowest BCUT2D eigenvalue weighted by Gasteiger charge is -2.30. The van der Waals surface area contributed by atoms with Crippen LogP contribution in [-0.4, -0.2) is 37.1 Å². The number of pyridine rings is 1. The van der Waals surface area contributed by atoms with E-state index in [9.17, 15) is 4.79 Å². The summed E-state index contributed by atoms with van der Waals surface area (Å²) in [6, 6.07) is 3.88. The molecule has 21 heavy (non-hydrogen) atoms. The van der Waals surface area contributed by atoms with Crippen molar-refractivity contribution in [1.29, 1.82) is 0 Å². The fourth-order valence-electron chi connectivity index (χ4n) is 2.04. The Morgan fingerprint density at radius 1 is 1.19 bits per heavy atom. The zero-order chi connectivity index (χ0) is 16.3. The molecule has 0 atom stereocenters. The third-order valence-electron chi connectivity index (χ3n) is 2.82. The van der Waals surface area contributed by atoms with Gasteiger partial charge in [0.1, 0.15) is 5.82 Å². The lowest BCUT2D eigenvalue weighted by Crippen LogP contribution is -2.43. The number of piperazine rings is 1. The van der Waals surface area contributed by atoms with Crippen molar-refractivity contribution in [2.75, 3.05) is 36.4 Å². The van der Waals surface area contributed by atoms with Crippen LogP contribution in [0.2, 0.25) is 0 Å². The zero-order valence-electron chi connectivity index (χ0n) is 14.3. The van der Waals surface area contributed by atoms with Crippen LogP contribution in [0.3, 0.4) is 0 Å². The molecule has 120 valence electrons. The maximum atomic E-state index is 10.9. The minimum atomic E-state index is -0.0909. The number of nitrogens with zero attached hydrogens (tertiary/aromatic N) is 2. The second-order valence-electron chi connectivity index (χ2n) is 4.22. The molecule has 1 aromatic rings. The summed E-state index contributed by atoms with van der Waals surface area (Å²) >= 11 is 0. The van der Waals surface area contributed by atoms with Gasteiger partial charge in [-0.1, -0.05) is 27.7 Å². The second-order valence-corrected chi connectivity index (χ2v) is 4.22. The number of hydrogen-bond acceptors (Lipinski definition) is 4. The Labute approximate surface area is 129 Å². The quantitative estimate of drug-likeness (QED) is 0.880. The summed E-state index contributed by atoms with van der Waals surface area (Å²) in [5, 5.41) is 6.02. The van der Waals surface area contributed by atoms with E-state index in [1.807, 2.05) is 46.8 Å². The molecule has 1 saturated heterocycles. The molecule has 0 bridgehead atoms. The number of carbonyl (C=O) groups excluding carboxylic acids is 1. The van der Waals surface area contributed by atoms with Gasteiger partial charge in [-0.2, -0.15) is 0 Å². The Morgan fingerprint density at radius 2 is 1.76 bits per heavy atom. The Bertz CT molecular complexity index is 415. The molecule has 0 aromatic carbocycles. The largest absolute Gasteiger partial charge is 0.368 e. The van der Waals surface area contributed by atoms with Crippen molar-refractivity contribution < 1.29 is 4.79 Å². The van der Waals surface area contributed by atoms with E-state index in [0.717, 1.165) is 37.6 Å². The van der Waals surface area contributed by atoms with Gasteiger partial charge in [-0.25, -0.2) is 4.98 Å². The molecule has 1 aliphatic rings. The van der Waals surface area contributed by atoms with Gasteiger partial charge in [-0.3, -0.25) is 4.79 Å². The molecule has 1 amide bonds. The van der Waals surface area contributed by atoms with Crippen molar-refractivity contribution in [3.63, 3.8) is 0 Å². The molecular formula is C16H30N4O. The van der Waals surface area contributed by atoms with Gasteiger partial charge in [0.25, 0.3) is 0 Å². The van der Waals surface area contributed by atoms with Gasteiger partial charge in [0, 0.05) is 33.1 Å². The summed E-state index contributed by atoms with van der Waals surface area (Å²) in [4.78, 5) is 17.7. The van der Waals surface area contributed by atoms with E-state index >= 15 is 0 Å². The van der Waals surface area contributed by atoms with E-state index in [-0.39, 0.29) is 5.91 Å². The summed E-state index contributed by atoms with van der Waals surface area (Å²) in [5.74, 6) is 0.528. The highest BCUT2D eigenvalue weighted by Gasteiger charge is 2.13. The molecule has 0 spiro atoms. The first kappa shape index (κ1) is 19.4. The lowest BCUT2D eigenvalue weighted by molar-refractivity contribution is -0.114. The average molecular weight is 294 g/mol. The van der Waals surface area contributed by atoms with Crippen LogP contribution in [-0.2, 0) is 4.79 Å². The number of nitrogens with one attached hydrogen (secondary N) is 2. The van der Waals surface area contributed by atoms with Gasteiger partial charge in [-0.05, 0) is 19.1 Å². The van der Waals surface area contributed by atoms with Crippen molar-refractivity contribution >= 4 is 17.4 Å². The lowest BCUT2D eigenvalue weighted by atomic mass is 10.2. The molecule has 0 saturated carbocycles. The predicted octanol–water partition coefficient (Wildman–Crippen LogP) is 2.81. The molecule has 5 heteroatoms. The van der Waals surface area contributed by atoms with Crippen molar-refractivity contribution in [3.05, 3.63) is 17.8 Å². The van der Waals surface area contributed by atoms with Gasteiger partial charge >= 0.3 is 0 Å². The number of aromatic nitrogens is 1. The normalized spacial score (nSPS) is 13.3. The number of rotatable bonds is 2. The third kappa shape index (κ3) is 6.58. The van der Waals surface area contributed by atoms with E-state index in [1.165, 1.54) is 6.92 Å². The molecule has 1 aromatic heterocycles. The van der Waals surface area contributed by atoms with Crippen LogP contribution < -0.4 is 15.5 Å². The van der Waals surface area contributed by atoms with Crippen molar-refractivity contribution in [1.82, 2.24) is 10.3 Å². The highest BCUT2D eigenvalue weighted by molar-refractivity contribution is 5.87. The number of aryl methyl sites for hydroxylation is 1. The molecule has 0 unspecified atom stereocenters. The maximum absolute atomic E-state index is 10.9. The first-order valence-corrected chi connectivity index (χ1v) is 7.88. The van der Waals surface area contributed by atoms with Crippen LogP contribution in [0.5, 0.6) is 0 Å². The molecule has 2 N–H and O–H groups in total. The zero-order valence-corrected chi connectivity index (χ0v) is 14.3. The monoisotopic (exact) mass is 294 g/mol. The smallest absolute Gasteiger partial charge is 0.222 e.